The van der Waals surface area contributed by atoms with Crippen molar-refractivity contribution in [3.63, 3.8) is 0 Å². The predicted octanol–water partition coefficient (Wildman–Crippen LogP) is 0.560. The third-order valence-corrected chi connectivity index (χ3v) is 5.48. The van der Waals surface area contributed by atoms with Crippen LogP contribution in [0.1, 0.15) is 13.8 Å². The van der Waals surface area contributed by atoms with E-state index in [1.807, 2.05) is 0 Å². The molecule has 21 heavy (non-hydrogen) atoms. The molecule has 1 aliphatic heterocycles. The summed E-state index contributed by atoms with van der Waals surface area (Å²) >= 11 is 0. The van der Waals surface area contributed by atoms with E-state index in [4.69, 9.17) is 9.47 Å². The predicted molar refractivity (Wildman–Crippen MR) is 82.6 cm³/mol. The second-order valence-corrected chi connectivity index (χ2v) is 12.6. The van der Waals surface area contributed by atoms with Gasteiger partial charge in [0, 0.05) is 27.5 Å². The molecule has 0 bridgehead atoms. The summed E-state index contributed by atoms with van der Waals surface area (Å²) in [7, 11) is -1.23. The van der Waals surface area contributed by atoms with E-state index in [2.05, 4.69) is 25.0 Å². The van der Waals surface area contributed by atoms with Gasteiger partial charge in [-0.3, -0.25) is 4.79 Å². The maximum absolute atomic E-state index is 11.3. The van der Waals surface area contributed by atoms with E-state index >= 15 is 0 Å². The SMILES string of the molecule is CC(=O)NC1[C@H](OCC[Si](C)(C)C)OC(CO)[C@@H](C)[C@@H]1O. The number of amides is 1. The number of carbonyl (C=O) groups excluding carboxylic acids is 1. The molecule has 3 N–H and O–H groups in total. The van der Waals surface area contributed by atoms with Crippen molar-refractivity contribution in [2.75, 3.05) is 13.2 Å². The third kappa shape index (κ3) is 5.67. The highest BCUT2D eigenvalue weighted by Gasteiger charge is 2.43. The van der Waals surface area contributed by atoms with E-state index in [0.29, 0.717) is 6.61 Å². The van der Waals surface area contributed by atoms with Gasteiger partial charge in [0.2, 0.25) is 5.91 Å². The molecule has 0 aromatic rings. The number of ether oxygens (including phenoxy) is 2. The van der Waals surface area contributed by atoms with Crippen molar-refractivity contribution in [1.82, 2.24) is 5.32 Å². The highest BCUT2D eigenvalue weighted by Crippen LogP contribution is 2.27. The van der Waals surface area contributed by atoms with Crippen LogP contribution in [0.2, 0.25) is 25.7 Å². The average molecular weight is 319 g/mol. The van der Waals surface area contributed by atoms with E-state index in [1.165, 1.54) is 6.92 Å². The maximum Gasteiger partial charge on any atom is 0.217 e. The molecule has 1 amide bonds. The molecule has 124 valence electrons. The molecule has 1 heterocycles. The zero-order valence-electron chi connectivity index (χ0n) is 13.6. The van der Waals surface area contributed by atoms with Gasteiger partial charge in [0.15, 0.2) is 6.29 Å². The first-order chi connectivity index (χ1) is 9.65. The highest BCUT2D eigenvalue weighted by molar-refractivity contribution is 6.76. The Morgan fingerprint density at radius 3 is 2.48 bits per heavy atom. The Morgan fingerprint density at radius 1 is 1.38 bits per heavy atom. The van der Waals surface area contributed by atoms with Crippen LogP contribution in [-0.4, -0.2) is 61.9 Å². The van der Waals surface area contributed by atoms with Crippen LogP contribution in [0.4, 0.5) is 0 Å². The summed E-state index contributed by atoms with van der Waals surface area (Å²) in [5.74, 6) is -0.514. The minimum atomic E-state index is -1.23. The maximum atomic E-state index is 11.3. The van der Waals surface area contributed by atoms with Gasteiger partial charge in [-0.15, -0.1) is 0 Å². The first-order valence-corrected chi connectivity index (χ1v) is 11.2. The summed E-state index contributed by atoms with van der Waals surface area (Å²) < 4.78 is 11.5. The van der Waals surface area contributed by atoms with E-state index in [-0.39, 0.29) is 18.4 Å². The summed E-state index contributed by atoms with van der Waals surface area (Å²) in [6.07, 6.45) is -2.02. The zero-order valence-corrected chi connectivity index (χ0v) is 14.6. The lowest BCUT2D eigenvalue weighted by Gasteiger charge is -2.43. The fraction of sp³-hybridized carbons (Fsp3) is 0.929. The van der Waals surface area contributed by atoms with Crippen molar-refractivity contribution >= 4 is 14.0 Å². The average Bonchev–Trinajstić information content (AvgIpc) is 2.35. The van der Waals surface area contributed by atoms with Gasteiger partial charge >= 0.3 is 0 Å². The number of hydrogen-bond acceptors (Lipinski definition) is 5. The van der Waals surface area contributed by atoms with Gasteiger partial charge in [0.1, 0.15) is 6.04 Å². The molecular weight excluding hydrogens is 290 g/mol. The lowest BCUT2D eigenvalue weighted by molar-refractivity contribution is -0.253. The molecule has 0 radical (unpaired) electrons. The largest absolute Gasteiger partial charge is 0.394 e. The second-order valence-electron chi connectivity index (χ2n) is 6.98. The van der Waals surface area contributed by atoms with Crippen LogP contribution < -0.4 is 5.32 Å². The van der Waals surface area contributed by atoms with E-state index in [0.717, 1.165) is 6.04 Å². The van der Waals surface area contributed by atoms with Gasteiger partial charge < -0.3 is 25.0 Å². The van der Waals surface area contributed by atoms with Crippen molar-refractivity contribution in [3.05, 3.63) is 0 Å². The van der Waals surface area contributed by atoms with Crippen molar-refractivity contribution in [3.8, 4) is 0 Å². The monoisotopic (exact) mass is 319 g/mol. The zero-order chi connectivity index (χ0) is 16.2. The third-order valence-electron chi connectivity index (χ3n) is 3.78. The molecule has 6 nitrogen and oxygen atoms in total. The first kappa shape index (κ1) is 18.6. The first-order valence-electron chi connectivity index (χ1n) is 7.49. The molecule has 0 aliphatic carbocycles. The van der Waals surface area contributed by atoms with Crippen LogP contribution in [0.25, 0.3) is 0 Å². The van der Waals surface area contributed by atoms with Gasteiger partial charge in [-0.25, -0.2) is 0 Å². The van der Waals surface area contributed by atoms with Crippen LogP contribution in [0.5, 0.6) is 0 Å². The van der Waals surface area contributed by atoms with E-state index < -0.39 is 32.6 Å². The van der Waals surface area contributed by atoms with Gasteiger partial charge in [0.05, 0.1) is 18.8 Å². The Balaban J connectivity index is 2.71. The van der Waals surface area contributed by atoms with Gasteiger partial charge in [0.25, 0.3) is 0 Å². The molecule has 7 heteroatoms. The van der Waals surface area contributed by atoms with E-state index in [9.17, 15) is 15.0 Å². The molecule has 5 atom stereocenters. The molecule has 1 aliphatic rings. The smallest absolute Gasteiger partial charge is 0.217 e. The minimum absolute atomic E-state index is 0.182. The number of aliphatic hydroxyl groups excluding tert-OH is 2. The highest BCUT2D eigenvalue weighted by atomic mass is 28.3. The Bertz CT molecular complexity index is 347. The van der Waals surface area contributed by atoms with Gasteiger partial charge in [-0.05, 0) is 6.04 Å². The minimum Gasteiger partial charge on any atom is -0.394 e. The van der Waals surface area contributed by atoms with Crippen molar-refractivity contribution in [1.29, 1.82) is 0 Å². The molecular formula is C14H29NO5Si. The fourth-order valence-electron chi connectivity index (χ4n) is 2.31. The molecule has 1 saturated heterocycles. The molecule has 0 aromatic heterocycles. The van der Waals surface area contributed by atoms with Crippen LogP contribution in [0.3, 0.4) is 0 Å². The number of carbonyl (C=O) groups is 1. The summed E-state index contributed by atoms with van der Waals surface area (Å²) in [5.41, 5.74) is 0. The van der Waals surface area contributed by atoms with Gasteiger partial charge in [-0.2, -0.15) is 0 Å². The topological polar surface area (TPSA) is 88.0 Å². The number of rotatable bonds is 6. The molecule has 0 aromatic carbocycles. The van der Waals surface area contributed by atoms with E-state index in [1.54, 1.807) is 6.92 Å². The van der Waals surface area contributed by atoms with Crippen LogP contribution >= 0.6 is 0 Å². The summed E-state index contributed by atoms with van der Waals surface area (Å²) in [5, 5.41) is 22.4. The lowest BCUT2D eigenvalue weighted by Crippen LogP contribution is -2.61. The van der Waals surface area contributed by atoms with Crippen molar-refractivity contribution in [2.24, 2.45) is 5.92 Å². The Kier molecular flexibility index (Phi) is 6.80. The standard InChI is InChI=1S/C14H29NO5Si/c1-9-11(8-16)20-14(19-6-7-21(3,4)5)12(13(9)18)15-10(2)17/h9,11-14,16,18H,6-8H2,1-5H3,(H,15,17)/t9-,11?,12?,13+,14-/m1/s1. The molecule has 2 unspecified atom stereocenters. The second kappa shape index (κ2) is 7.69. The quantitative estimate of drug-likeness (QED) is 0.623. The Labute approximate surface area is 127 Å². The fourth-order valence-corrected chi connectivity index (χ4v) is 3.04. The van der Waals surface area contributed by atoms with Gasteiger partial charge in [-0.1, -0.05) is 26.6 Å². The normalized spacial score (nSPS) is 33.8. The number of hydrogen-bond donors (Lipinski definition) is 3. The van der Waals surface area contributed by atoms with Crippen LogP contribution in [0, 0.1) is 5.92 Å². The van der Waals surface area contributed by atoms with Crippen LogP contribution in [0.15, 0.2) is 0 Å². The Morgan fingerprint density at radius 2 is 2.00 bits per heavy atom. The molecule has 0 spiro atoms. The van der Waals surface area contributed by atoms with Crippen molar-refractivity contribution in [2.45, 2.75) is 64.1 Å². The van der Waals surface area contributed by atoms with Crippen LogP contribution in [-0.2, 0) is 14.3 Å². The summed E-state index contributed by atoms with van der Waals surface area (Å²) in [6, 6.07) is 0.358. The number of aliphatic hydroxyl groups is 2. The number of nitrogens with one attached hydrogen (secondary N) is 1. The Hall–Kier alpha value is -0.473. The summed E-state index contributed by atoms with van der Waals surface area (Å²) in [4.78, 5) is 11.3. The molecule has 1 rings (SSSR count). The lowest BCUT2D eigenvalue weighted by atomic mass is 9.89. The molecule has 1 fully saturated rings. The molecule has 0 saturated carbocycles. The summed E-state index contributed by atoms with van der Waals surface area (Å²) in [6.45, 7) is 10.3. The van der Waals surface area contributed by atoms with Crippen molar-refractivity contribution < 1.29 is 24.5 Å².